The van der Waals surface area contributed by atoms with Crippen LogP contribution in [-0.2, 0) is 11.2 Å². The molecule has 0 bridgehead atoms. The van der Waals surface area contributed by atoms with Crippen molar-refractivity contribution >= 4 is 39.9 Å². The fourth-order valence-electron chi connectivity index (χ4n) is 4.37. The molecule has 0 radical (unpaired) electrons. The molecule has 3 heterocycles. The van der Waals surface area contributed by atoms with Gasteiger partial charge in [-0.15, -0.1) is 11.3 Å². The quantitative estimate of drug-likeness (QED) is 0.291. The van der Waals surface area contributed by atoms with Crippen LogP contribution < -0.4 is 5.56 Å². The van der Waals surface area contributed by atoms with Crippen molar-refractivity contribution in [2.24, 2.45) is 0 Å². The van der Waals surface area contributed by atoms with Gasteiger partial charge in [0.2, 0.25) is 5.91 Å². The third-order valence-corrected chi connectivity index (χ3v) is 7.88. The highest BCUT2D eigenvalue weighted by Crippen LogP contribution is 2.35. The first kappa shape index (κ1) is 21.9. The molecular weight excluding hydrogens is 457 g/mol. The number of amides is 1. The van der Waals surface area contributed by atoms with Gasteiger partial charge in [-0.2, -0.15) is 0 Å². The van der Waals surface area contributed by atoms with Gasteiger partial charge in [0, 0.05) is 11.4 Å². The second kappa shape index (κ2) is 9.11. The Morgan fingerprint density at radius 1 is 1.18 bits per heavy atom. The minimum Gasteiger partial charge on any atom is -0.335 e. The number of hydrogen-bond donors (Lipinski definition) is 0. The summed E-state index contributed by atoms with van der Waals surface area (Å²) in [5.74, 6) is -0.188. The molecule has 1 aliphatic heterocycles. The first-order valence-corrected chi connectivity index (χ1v) is 12.7. The van der Waals surface area contributed by atoms with Gasteiger partial charge in [0.05, 0.1) is 28.4 Å². The Balaban J connectivity index is 1.47. The van der Waals surface area contributed by atoms with Crippen LogP contribution in [0.25, 0.3) is 16.6 Å². The molecule has 168 valence electrons. The molecule has 33 heavy (non-hydrogen) atoms. The predicted molar refractivity (Wildman–Crippen MR) is 131 cm³/mol. The van der Waals surface area contributed by atoms with Gasteiger partial charge >= 0.3 is 0 Å². The topological polar surface area (TPSA) is 55.2 Å². The van der Waals surface area contributed by atoms with Crippen LogP contribution in [0, 0.1) is 5.82 Å². The Morgan fingerprint density at radius 2 is 1.97 bits per heavy atom. The molecule has 0 aliphatic carbocycles. The Bertz CT molecular complexity index is 1380. The van der Waals surface area contributed by atoms with E-state index in [0.29, 0.717) is 28.3 Å². The summed E-state index contributed by atoms with van der Waals surface area (Å²) in [5.41, 5.74) is 2.10. The molecule has 5 rings (SSSR count). The van der Waals surface area contributed by atoms with Crippen molar-refractivity contribution in [3.63, 3.8) is 0 Å². The minimum atomic E-state index is -0.381. The number of fused-ring (bicyclic) bond motifs is 2. The van der Waals surface area contributed by atoms with Gasteiger partial charge in [-0.05, 0) is 66.2 Å². The van der Waals surface area contributed by atoms with E-state index in [1.165, 1.54) is 38.9 Å². The zero-order valence-electron chi connectivity index (χ0n) is 18.0. The smallest absolute Gasteiger partial charge is 0.266 e. The number of thiophene rings is 1. The SMILES string of the molecule is CCC1c2ccsc2CCN1C(=O)CSc1nc2ccccc2c(=O)n1-c1ccc(F)cc1. The van der Waals surface area contributed by atoms with E-state index in [0.717, 1.165) is 12.8 Å². The van der Waals surface area contributed by atoms with E-state index in [1.54, 1.807) is 41.7 Å². The highest BCUT2D eigenvalue weighted by atomic mass is 32.2. The lowest BCUT2D eigenvalue weighted by Crippen LogP contribution is -2.40. The Morgan fingerprint density at radius 3 is 2.76 bits per heavy atom. The molecule has 0 fully saturated rings. The standard InChI is InChI=1S/C25H22FN3O2S2/c1-2-21-19-12-14-32-22(19)11-13-28(21)23(30)15-33-25-27-20-6-4-3-5-18(20)24(31)29(25)17-9-7-16(26)8-10-17/h3-10,12,14,21H,2,11,13,15H2,1H3. The van der Waals surface area contributed by atoms with Crippen molar-refractivity contribution in [1.82, 2.24) is 14.5 Å². The minimum absolute atomic E-state index is 0.0248. The van der Waals surface area contributed by atoms with Crippen molar-refractivity contribution in [3.8, 4) is 5.69 Å². The molecule has 2 aromatic carbocycles. The highest BCUT2D eigenvalue weighted by molar-refractivity contribution is 7.99. The number of rotatable bonds is 5. The van der Waals surface area contributed by atoms with E-state index in [1.807, 2.05) is 11.0 Å². The molecule has 1 unspecified atom stereocenters. The van der Waals surface area contributed by atoms with Crippen LogP contribution >= 0.6 is 23.1 Å². The second-order valence-corrected chi connectivity index (χ2v) is 9.82. The summed E-state index contributed by atoms with van der Waals surface area (Å²) < 4.78 is 15.0. The normalized spacial score (nSPS) is 15.6. The number of benzene rings is 2. The average molecular weight is 480 g/mol. The highest BCUT2D eigenvalue weighted by Gasteiger charge is 2.30. The van der Waals surface area contributed by atoms with Gasteiger partial charge in [0.15, 0.2) is 5.16 Å². The molecule has 8 heteroatoms. The number of aromatic nitrogens is 2. The number of carbonyl (C=O) groups excluding carboxylic acids is 1. The van der Waals surface area contributed by atoms with Crippen LogP contribution in [0.1, 0.15) is 29.8 Å². The maximum absolute atomic E-state index is 13.5. The molecule has 0 N–H and O–H groups in total. The zero-order valence-corrected chi connectivity index (χ0v) is 19.7. The van der Waals surface area contributed by atoms with Gasteiger partial charge in [0.1, 0.15) is 5.82 Å². The van der Waals surface area contributed by atoms with Crippen molar-refractivity contribution in [2.45, 2.75) is 31.0 Å². The van der Waals surface area contributed by atoms with Crippen LogP contribution in [0.2, 0.25) is 0 Å². The Hall–Kier alpha value is -2.97. The summed E-state index contributed by atoms with van der Waals surface area (Å²) in [5, 5.41) is 2.99. The summed E-state index contributed by atoms with van der Waals surface area (Å²) in [4.78, 5) is 34.6. The molecule has 5 nitrogen and oxygen atoms in total. The third kappa shape index (κ3) is 4.09. The van der Waals surface area contributed by atoms with Crippen molar-refractivity contribution < 1.29 is 9.18 Å². The van der Waals surface area contributed by atoms with Crippen LogP contribution in [0.5, 0.6) is 0 Å². The number of nitrogens with zero attached hydrogens (tertiary/aromatic N) is 3. The average Bonchev–Trinajstić information content (AvgIpc) is 3.32. The number of para-hydroxylation sites is 1. The molecule has 1 amide bonds. The molecule has 2 aromatic heterocycles. The molecule has 0 saturated heterocycles. The van der Waals surface area contributed by atoms with E-state index >= 15 is 0 Å². The molecule has 1 atom stereocenters. The third-order valence-electron chi connectivity index (χ3n) is 5.96. The van der Waals surface area contributed by atoms with Crippen LogP contribution in [0.4, 0.5) is 4.39 Å². The van der Waals surface area contributed by atoms with Crippen molar-refractivity contribution in [2.75, 3.05) is 12.3 Å². The molecule has 0 saturated carbocycles. The van der Waals surface area contributed by atoms with Crippen LogP contribution in [0.15, 0.2) is 69.9 Å². The molecule has 1 aliphatic rings. The summed E-state index contributed by atoms with van der Waals surface area (Å²) in [6.07, 6.45) is 1.73. The van der Waals surface area contributed by atoms with E-state index in [4.69, 9.17) is 0 Å². The molecule has 0 spiro atoms. The van der Waals surface area contributed by atoms with Gasteiger partial charge < -0.3 is 4.90 Å². The maximum atomic E-state index is 13.5. The lowest BCUT2D eigenvalue weighted by atomic mass is 9.98. The second-order valence-electron chi connectivity index (χ2n) is 7.88. The lowest BCUT2D eigenvalue weighted by molar-refractivity contribution is -0.131. The molecular formula is C25H22FN3O2S2. The Kier molecular flexibility index (Phi) is 6.03. The van der Waals surface area contributed by atoms with E-state index in [9.17, 15) is 14.0 Å². The number of thioether (sulfide) groups is 1. The van der Waals surface area contributed by atoms with Crippen molar-refractivity contribution in [3.05, 3.63) is 86.6 Å². The van der Waals surface area contributed by atoms with E-state index in [-0.39, 0.29) is 29.1 Å². The van der Waals surface area contributed by atoms with Gasteiger partial charge in [-0.1, -0.05) is 30.8 Å². The largest absolute Gasteiger partial charge is 0.335 e. The summed E-state index contributed by atoms with van der Waals surface area (Å²) in [6, 6.07) is 15.1. The zero-order chi connectivity index (χ0) is 22.9. The number of hydrogen-bond acceptors (Lipinski definition) is 5. The summed E-state index contributed by atoms with van der Waals surface area (Å²) in [6.45, 7) is 2.79. The first-order chi connectivity index (χ1) is 16.1. The monoisotopic (exact) mass is 479 g/mol. The molecule has 4 aromatic rings. The maximum Gasteiger partial charge on any atom is 0.266 e. The van der Waals surface area contributed by atoms with Crippen LogP contribution in [0.3, 0.4) is 0 Å². The fourth-order valence-corrected chi connectivity index (χ4v) is 6.20. The van der Waals surface area contributed by atoms with E-state index < -0.39 is 0 Å². The van der Waals surface area contributed by atoms with Crippen molar-refractivity contribution in [1.29, 1.82) is 0 Å². The number of halogens is 1. The van der Waals surface area contributed by atoms with Gasteiger partial charge in [-0.3, -0.25) is 14.2 Å². The predicted octanol–water partition coefficient (Wildman–Crippen LogP) is 5.21. The van der Waals surface area contributed by atoms with E-state index in [2.05, 4.69) is 23.4 Å². The summed E-state index contributed by atoms with van der Waals surface area (Å²) >= 11 is 3.00. The van der Waals surface area contributed by atoms with Gasteiger partial charge in [0.25, 0.3) is 5.56 Å². The summed E-state index contributed by atoms with van der Waals surface area (Å²) in [7, 11) is 0. The Labute approximate surface area is 198 Å². The van der Waals surface area contributed by atoms with Crippen LogP contribution in [-0.4, -0.2) is 32.7 Å². The number of carbonyl (C=O) groups is 1. The first-order valence-electron chi connectivity index (χ1n) is 10.8. The lowest BCUT2D eigenvalue weighted by Gasteiger charge is -2.35. The fraction of sp³-hybridized carbons (Fsp3) is 0.240. The van der Waals surface area contributed by atoms with Gasteiger partial charge in [-0.25, -0.2) is 9.37 Å².